The monoisotopic (exact) mass is 361 g/mol. The number of nitrogens with zero attached hydrogens (tertiary/aromatic N) is 3. The molecule has 0 saturated carbocycles. The van der Waals surface area contributed by atoms with Crippen LogP contribution in [-0.2, 0) is 16.0 Å². The Balaban J connectivity index is 2.00. The van der Waals surface area contributed by atoms with Crippen molar-refractivity contribution in [2.75, 3.05) is 24.6 Å². The van der Waals surface area contributed by atoms with Crippen molar-refractivity contribution in [1.82, 2.24) is 9.97 Å². The van der Waals surface area contributed by atoms with Gasteiger partial charge in [-0.15, -0.1) is 0 Å². The molecule has 1 aromatic rings. The second kappa shape index (κ2) is 8.05. The Morgan fingerprint density at radius 3 is 2.71 bits per heavy atom. The maximum atomic E-state index is 13.0. The fraction of sp³-hybridized carbons (Fsp3) is 0.688. The number of carbonyl (C=O) groups excluding carboxylic acids is 1. The van der Waals surface area contributed by atoms with Crippen molar-refractivity contribution >= 4 is 23.4 Å². The third-order valence-corrected chi connectivity index (χ3v) is 4.26. The van der Waals surface area contributed by atoms with Gasteiger partial charge < -0.3 is 9.64 Å². The van der Waals surface area contributed by atoms with Gasteiger partial charge in [-0.25, -0.2) is 18.7 Å². The summed E-state index contributed by atoms with van der Waals surface area (Å²) in [6, 6.07) is 0. The van der Waals surface area contributed by atoms with Crippen LogP contribution in [0.25, 0.3) is 0 Å². The van der Waals surface area contributed by atoms with Crippen LogP contribution in [0, 0.1) is 5.92 Å². The maximum absolute atomic E-state index is 13.0. The van der Waals surface area contributed by atoms with Crippen LogP contribution in [0.15, 0.2) is 6.20 Å². The second-order valence-electron chi connectivity index (χ2n) is 6.06. The summed E-state index contributed by atoms with van der Waals surface area (Å²) in [6.07, 6.45) is 2.58. The van der Waals surface area contributed by atoms with Crippen LogP contribution < -0.4 is 4.90 Å². The quantitative estimate of drug-likeness (QED) is 0.726. The van der Waals surface area contributed by atoms with Crippen molar-refractivity contribution in [3.8, 4) is 0 Å². The Hall–Kier alpha value is -1.50. The normalized spacial score (nSPS) is 16.3. The standard InChI is InChI=1S/C16H22ClF2N3O2/c1-3-24-15(23)11-5-8-22(9-6-11)14-13(17)20-10-12(21-14)4-7-16(2,18)19/h10-11H,3-9H2,1-2H3. The van der Waals surface area contributed by atoms with Crippen molar-refractivity contribution in [3.05, 3.63) is 17.0 Å². The molecule has 0 bridgehead atoms. The average Bonchev–Trinajstić information content (AvgIpc) is 2.54. The molecule has 1 aromatic heterocycles. The smallest absolute Gasteiger partial charge is 0.309 e. The minimum atomic E-state index is -2.74. The highest BCUT2D eigenvalue weighted by molar-refractivity contribution is 6.31. The van der Waals surface area contributed by atoms with Crippen molar-refractivity contribution in [2.45, 2.75) is 45.5 Å². The van der Waals surface area contributed by atoms with Crippen molar-refractivity contribution in [1.29, 1.82) is 0 Å². The molecule has 1 saturated heterocycles. The van der Waals surface area contributed by atoms with Crippen LogP contribution in [0.4, 0.5) is 14.6 Å². The van der Waals surface area contributed by atoms with Gasteiger partial charge in [-0.3, -0.25) is 4.79 Å². The zero-order valence-electron chi connectivity index (χ0n) is 13.9. The van der Waals surface area contributed by atoms with E-state index in [9.17, 15) is 13.6 Å². The first-order valence-corrected chi connectivity index (χ1v) is 8.48. The van der Waals surface area contributed by atoms with Crippen molar-refractivity contribution < 1.29 is 18.3 Å². The van der Waals surface area contributed by atoms with E-state index < -0.39 is 5.92 Å². The summed E-state index contributed by atoms with van der Waals surface area (Å²) in [5, 5.41) is 0.247. The summed E-state index contributed by atoms with van der Waals surface area (Å²) < 4.78 is 31.0. The average molecular weight is 362 g/mol. The minimum absolute atomic E-state index is 0.116. The maximum Gasteiger partial charge on any atom is 0.309 e. The lowest BCUT2D eigenvalue weighted by atomic mass is 9.97. The summed E-state index contributed by atoms with van der Waals surface area (Å²) in [5.41, 5.74) is 0.489. The second-order valence-corrected chi connectivity index (χ2v) is 6.42. The molecule has 8 heteroatoms. The zero-order chi connectivity index (χ0) is 17.7. The van der Waals surface area contributed by atoms with E-state index in [-0.39, 0.29) is 29.9 Å². The fourth-order valence-electron chi connectivity index (χ4n) is 2.66. The van der Waals surface area contributed by atoms with Crippen LogP contribution in [0.3, 0.4) is 0 Å². The van der Waals surface area contributed by atoms with Gasteiger partial charge in [-0.05, 0) is 33.1 Å². The van der Waals surface area contributed by atoms with Gasteiger partial charge in [0.2, 0.25) is 5.92 Å². The first-order valence-electron chi connectivity index (χ1n) is 8.11. The van der Waals surface area contributed by atoms with E-state index in [2.05, 4.69) is 9.97 Å². The summed E-state index contributed by atoms with van der Waals surface area (Å²) in [7, 11) is 0. The lowest BCUT2D eigenvalue weighted by molar-refractivity contribution is -0.148. The van der Waals surface area contributed by atoms with E-state index in [4.69, 9.17) is 16.3 Å². The van der Waals surface area contributed by atoms with E-state index >= 15 is 0 Å². The van der Waals surface area contributed by atoms with Crippen LogP contribution in [0.5, 0.6) is 0 Å². The number of piperidine rings is 1. The van der Waals surface area contributed by atoms with Gasteiger partial charge in [-0.1, -0.05) is 11.6 Å². The molecule has 24 heavy (non-hydrogen) atoms. The number of ether oxygens (including phenoxy) is 1. The van der Waals surface area contributed by atoms with Crippen LogP contribution >= 0.6 is 11.6 Å². The molecule has 0 N–H and O–H groups in total. The number of anilines is 1. The first-order chi connectivity index (χ1) is 11.3. The topological polar surface area (TPSA) is 55.3 Å². The molecule has 0 aliphatic carbocycles. The molecular weight excluding hydrogens is 340 g/mol. The Morgan fingerprint density at radius 2 is 2.12 bits per heavy atom. The number of esters is 1. The zero-order valence-corrected chi connectivity index (χ0v) is 14.7. The van der Waals surface area contributed by atoms with E-state index in [1.807, 2.05) is 4.90 Å². The SMILES string of the molecule is CCOC(=O)C1CCN(c2nc(CCC(C)(F)F)cnc2Cl)CC1. The van der Waals surface area contributed by atoms with Gasteiger partial charge in [0.25, 0.3) is 0 Å². The molecule has 0 radical (unpaired) electrons. The van der Waals surface area contributed by atoms with Crippen molar-refractivity contribution in [2.24, 2.45) is 5.92 Å². The van der Waals surface area contributed by atoms with E-state index in [1.165, 1.54) is 6.20 Å². The van der Waals surface area contributed by atoms with Crippen LogP contribution in [0.1, 0.15) is 38.8 Å². The molecule has 1 fully saturated rings. The number of aromatic nitrogens is 2. The molecule has 0 unspecified atom stereocenters. The van der Waals surface area contributed by atoms with Crippen molar-refractivity contribution in [3.63, 3.8) is 0 Å². The predicted octanol–water partition coefficient (Wildman–Crippen LogP) is 3.50. The predicted molar refractivity (Wildman–Crippen MR) is 87.6 cm³/mol. The number of rotatable bonds is 6. The molecule has 2 rings (SSSR count). The molecule has 2 heterocycles. The van der Waals surface area contributed by atoms with Gasteiger partial charge in [-0.2, -0.15) is 0 Å². The fourth-order valence-corrected chi connectivity index (χ4v) is 2.87. The summed E-state index contributed by atoms with van der Waals surface area (Å²) in [5.74, 6) is -2.53. The Morgan fingerprint density at radius 1 is 1.46 bits per heavy atom. The molecule has 134 valence electrons. The summed E-state index contributed by atoms with van der Waals surface area (Å²) in [6.45, 7) is 4.25. The minimum Gasteiger partial charge on any atom is -0.466 e. The lowest BCUT2D eigenvalue weighted by Gasteiger charge is -2.32. The van der Waals surface area contributed by atoms with E-state index in [0.29, 0.717) is 44.0 Å². The largest absolute Gasteiger partial charge is 0.466 e. The summed E-state index contributed by atoms with van der Waals surface area (Å²) >= 11 is 6.11. The van der Waals surface area contributed by atoms with Gasteiger partial charge in [0.1, 0.15) is 0 Å². The third-order valence-electron chi connectivity index (χ3n) is 4.00. The Kier molecular flexibility index (Phi) is 6.32. The number of carbonyl (C=O) groups is 1. The van der Waals surface area contributed by atoms with Gasteiger partial charge in [0.05, 0.1) is 24.4 Å². The Labute approximate surface area is 145 Å². The van der Waals surface area contributed by atoms with Crippen LogP contribution in [-0.4, -0.2) is 41.6 Å². The highest BCUT2D eigenvalue weighted by Gasteiger charge is 2.28. The van der Waals surface area contributed by atoms with Gasteiger partial charge in [0, 0.05) is 19.5 Å². The number of hydrogen-bond donors (Lipinski definition) is 0. The van der Waals surface area contributed by atoms with Gasteiger partial charge in [0.15, 0.2) is 11.0 Å². The van der Waals surface area contributed by atoms with Gasteiger partial charge >= 0.3 is 5.97 Å². The molecule has 0 amide bonds. The molecule has 5 nitrogen and oxygen atoms in total. The van der Waals surface area contributed by atoms with Crippen LogP contribution in [0.2, 0.25) is 5.15 Å². The number of hydrogen-bond acceptors (Lipinski definition) is 5. The highest BCUT2D eigenvalue weighted by Crippen LogP contribution is 2.28. The highest BCUT2D eigenvalue weighted by atomic mass is 35.5. The molecular formula is C16H22ClF2N3O2. The number of halogens is 3. The molecule has 1 aliphatic heterocycles. The lowest BCUT2D eigenvalue weighted by Crippen LogP contribution is -2.37. The molecule has 0 aromatic carbocycles. The molecule has 0 atom stereocenters. The van der Waals surface area contributed by atoms with E-state index in [1.54, 1.807) is 6.92 Å². The molecule has 1 aliphatic rings. The number of alkyl halides is 2. The number of aryl methyl sites for hydroxylation is 1. The van der Waals surface area contributed by atoms with E-state index in [0.717, 1.165) is 6.92 Å². The summed E-state index contributed by atoms with van der Waals surface area (Å²) in [4.78, 5) is 22.2. The Bertz CT molecular complexity index is 573. The first kappa shape index (κ1) is 18.8. The molecule has 0 spiro atoms. The third kappa shape index (κ3) is 5.26.